The number of hydrogen-bond acceptors (Lipinski definition) is 1. The predicted octanol–water partition coefficient (Wildman–Crippen LogP) is 2.75. The molecule has 1 aromatic rings. The molecule has 1 heteroatoms. The molecule has 0 heterocycles. The molecule has 0 saturated heterocycles. The van der Waals surface area contributed by atoms with Gasteiger partial charge in [0, 0.05) is 12.0 Å². The van der Waals surface area contributed by atoms with Gasteiger partial charge in [0.25, 0.3) is 0 Å². The summed E-state index contributed by atoms with van der Waals surface area (Å²) in [5, 5.41) is 0. The maximum absolute atomic E-state index is 2.31. The van der Waals surface area contributed by atoms with Crippen LogP contribution in [0.5, 0.6) is 0 Å². The van der Waals surface area contributed by atoms with Crippen LogP contribution in [0.3, 0.4) is 0 Å². The van der Waals surface area contributed by atoms with E-state index in [1.807, 2.05) is 0 Å². The Kier molecular flexibility index (Phi) is 2.42. The summed E-state index contributed by atoms with van der Waals surface area (Å²) in [6.45, 7) is 2.27. The monoisotopic (exact) mass is 187 g/mol. The van der Waals surface area contributed by atoms with E-state index in [2.05, 4.69) is 62.3 Å². The highest BCUT2D eigenvalue weighted by molar-refractivity contribution is 5.62. The minimum Gasteiger partial charge on any atom is -0.306 e. The molecule has 0 radical (unpaired) electrons. The van der Waals surface area contributed by atoms with Crippen LogP contribution in [0, 0.1) is 0 Å². The van der Waals surface area contributed by atoms with Crippen LogP contribution in [-0.2, 0) is 0 Å². The van der Waals surface area contributed by atoms with E-state index in [0.717, 1.165) is 0 Å². The lowest BCUT2D eigenvalue weighted by molar-refractivity contribution is 0.294. The molecular formula is C13H17N. The first-order chi connectivity index (χ1) is 6.70. The maximum Gasteiger partial charge on any atom is 0.0180 e. The molecule has 0 amide bonds. The van der Waals surface area contributed by atoms with Crippen LogP contribution in [-0.4, -0.2) is 25.0 Å². The smallest absolute Gasteiger partial charge is 0.0180 e. The Balaban J connectivity index is 2.30. The highest BCUT2D eigenvalue weighted by atomic mass is 15.1. The summed E-state index contributed by atoms with van der Waals surface area (Å²) in [6, 6.07) is 9.22. The fraction of sp³-hybridized carbons (Fsp3) is 0.385. The van der Waals surface area contributed by atoms with Gasteiger partial charge in [-0.05, 0) is 32.1 Å². The average molecular weight is 187 g/mol. The lowest BCUT2D eigenvalue weighted by Gasteiger charge is -2.26. The number of rotatable bonds is 2. The first-order valence-electron chi connectivity index (χ1n) is 5.13. The van der Waals surface area contributed by atoms with Crippen LogP contribution in [0.25, 0.3) is 6.08 Å². The van der Waals surface area contributed by atoms with Crippen molar-refractivity contribution in [2.75, 3.05) is 14.1 Å². The maximum atomic E-state index is 2.31. The number of hydrogen-bond donors (Lipinski definition) is 0. The number of likely N-dealkylation sites (N-methyl/N-ethyl adjacent to an activating group) is 1. The van der Waals surface area contributed by atoms with Crippen LogP contribution >= 0.6 is 0 Å². The minimum absolute atomic E-state index is 0.557. The first-order valence-corrected chi connectivity index (χ1v) is 5.13. The first kappa shape index (κ1) is 9.47. The molecule has 1 aromatic carbocycles. The van der Waals surface area contributed by atoms with Crippen molar-refractivity contribution < 1.29 is 0 Å². The van der Waals surface area contributed by atoms with Gasteiger partial charge in [-0.25, -0.2) is 0 Å². The quantitative estimate of drug-likeness (QED) is 0.688. The summed E-state index contributed by atoms with van der Waals surface area (Å²) in [5.41, 5.74) is 2.85. The van der Waals surface area contributed by atoms with Crippen LogP contribution in [0.15, 0.2) is 30.3 Å². The second kappa shape index (κ2) is 3.58. The Morgan fingerprint density at radius 2 is 1.93 bits per heavy atom. The Bertz CT molecular complexity index is 352. The normalized spacial score (nSPS) is 21.3. The van der Waals surface area contributed by atoms with Gasteiger partial charge in [-0.15, -0.1) is 0 Å². The van der Waals surface area contributed by atoms with E-state index < -0.39 is 0 Å². The summed E-state index contributed by atoms with van der Waals surface area (Å²) < 4.78 is 0. The zero-order valence-corrected chi connectivity index (χ0v) is 9.07. The minimum atomic E-state index is 0.557. The molecule has 0 aliphatic heterocycles. The van der Waals surface area contributed by atoms with Crippen molar-refractivity contribution in [1.82, 2.24) is 4.90 Å². The standard InChI is InChI=1S/C13H17N/c1-10(14(2)3)12-9-8-11-6-4-5-7-13(11)12/h4-10,12H,1-3H3. The van der Waals surface area contributed by atoms with Gasteiger partial charge in [0.1, 0.15) is 0 Å². The van der Waals surface area contributed by atoms with Crippen molar-refractivity contribution in [2.24, 2.45) is 0 Å². The van der Waals surface area contributed by atoms with E-state index in [-0.39, 0.29) is 0 Å². The highest BCUT2D eigenvalue weighted by Gasteiger charge is 2.23. The van der Waals surface area contributed by atoms with Crippen LogP contribution in [0.1, 0.15) is 24.0 Å². The van der Waals surface area contributed by atoms with Gasteiger partial charge in [-0.1, -0.05) is 36.4 Å². The van der Waals surface area contributed by atoms with Gasteiger partial charge < -0.3 is 4.90 Å². The molecule has 74 valence electrons. The fourth-order valence-corrected chi connectivity index (χ4v) is 2.02. The third kappa shape index (κ3) is 1.48. The predicted molar refractivity (Wildman–Crippen MR) is 61.4 cm³/mol. The van der Waals surface area contributed by atoms with E-state index in [0.29, 0.717) is 12.0 Å². The molecular weight excluding hydrogens is 170 g/mol. The summed E-state index contributed by atoms with van der Waals surface area (Å²) >= 11 is 0. The van der Waals surface area contributed by atoms with E-state index in [9.17, 15) is 0 Å². The van der Waals surface area contributed by atoms with Gasteiger partial charge in [0.2, 0.25) is 0 Å². The largest absolute Gasteiger partial charge is 0.306 e. The van der Waals surface area contributed by atoms with E-state index in [1.54, 1.807) is 0 Å². The van der Waals surface area contributed by atoms with Crippen LogP contribution in [0.4, 0.5) is 0 Å². The molecule has 0 aromatic heterocycles. The Morgan fingerprint density at radius 3 is 2.64 bits per heavy atom. The van der Waals surface area contributed by atoms with Crippen molar-refractivity contribution in [3.05, 3.63) is 41.5 Å². The molecule has 0 N–H and O–H groups in total. The van der Waals surface area contributed by atoms with Crippen LogP contribution < -0.4 is 0 Å². The van der Waals surface area contributed by atoms with Crippen molar-refractivity contribution in [3.63, 3.8) is 0 Å². The van der Waals surface area contributed by atoms with Crippen molar-refractivity contribution in [1.29, 1.82) is 0 Å². The Labute approximate surface area is 86.1 Å². The number of fused-ring (bicyclic) bond motifs is 1. The van der Waals surface area contributed by atoms with Gasteiger partial charge >= 0.3 is 0 Å². The van der Waals surface area contributed by atoms with Crippen molar-refractivity contribution in [3.8, 4) is 0 Å². The molecule has 0 bridgehead atoms. The zero-order valence-electron chi connectivity index (χ0n) is 9.07. The lowest BCUT2D eigenvalue weighted by Crippen LogP contribution is -2.29. The molecule has 1 nitrogen and oxygen atoms in total. The molecule has 2 atom stereocenters. The summed E-state index contributed by atoms with van der Waals surface area (Å²) in [6.07, 6.45) is 4.55. The third-order valence-corrected chi connectivity index (χ3v) is 3.17. The lowest BCUT2D eigenvalue weighted by atomic mass is 9.94. The Hall–Kier alpha value is -1.08. The second-order valence-electron chi connectivity index (χ2n) is 4.22. The molecule has 1 aliphatic carbocycles. The van der Waals surface area contributed by atoms with Crippen LogP contribution in [0.2, 0.25) is 0 Å². The summed E-state index contributed by atoms with van der Waals surface area (Å²) in [7, 11) is 4.28. The summed E-state index contributed by atoms with van der Waals surface area (Å²) in [5.74, 6) is 0.557. The SMILES string of the molecule is CC(C1C=Cc2ccccc21)N(C)C. The van der Waals surface area contributed by atoms with E-state index >= 15 is 0 Å². The van der Waals surface area contributed by atoms with Crippen molar-refractivity contribution in [2.45, 2.75) is 18.9 Å². The van der Waals surface area contributed by atoms with Crippen molar-refractivity contribution >= 4 is 6.08 Å². The zero-order chi connectivity index (χ0) is 10.1. The third-order valence-electron chi connectivity index (χ3n) is 3.17. The molecule has 1 aliphatic rings. The number of nitrogens with zero attached hydrogens (tertiary/aromatic N) is 1. The van der Waals surface area contributed by atoms with Gasteiger partial charge in [-0.3, -0.25) is 0 Å². The molecule has 0 spiro atoms. The molecule has 14 heavy (non-hydrogen) atoms. The van der Waals surface area contributed by atoms with E-state index in [1.165, 1.54) is 11.1 Å². The molecule has 0 fully saturated rings. The average Bonchev–Trinajstić information content (AvgIpc) is 2.60. The summed E-state index contributed by atoms with van der Waals surface area (Å²) in [4.78, 5) is 2.27. The molecule has 2 unspecified atom stereocenters. The molecule has 2 rings (SSSR count). The van der Waals surface area contributed by atoms with E-state index in [4.69, 9.17) is 0 Å². The topological polar surface area (TPSA) is 3.24 Å². The van der Waals surface area contributed by atoms with Gasteiger partial charge in [0.05, 0.1) is 0 Å². The number of benzene rings is 1. The Morgan fingerprint density at radius 1 is 1.21 bits per heavy atom. The van der Waals surface area contributed by atoms with Gasteiger partial charge in [-0.2, -0.15) is 0 Å². The second-order valence-corrected chi connectivity index (χ2v) is 4.22. The van der Waals surface area contributed by atoms with Gasteiger partial charge in [0.15, 0.2) is 0 Å². The highest BCUT2D eigenvalue weighted by Crippen LogP contribution is 2.33. The molecule has 0 saturated carbocycles. The fourth-order valence-electron chi connectivity index (χ4n) is 2.02.